The van der Waals surface area contributed by atoms with Crippen molar-refractivity contribution in [2.75, 3.05) is 16.7 Å². The summed E-state index contributed by atoms with van der Waals surface area (Å²) < 4.78 is 26.9. The molecule has 6 nitrogen and oxygen atoms in total. The zero-order valence-electron chi connectivity index (χ0n) is 14.0. The van der Waals surface area contributed by atoms with Gasteiger partial charge in [0, 0.05) is 30.7 Å². The van der Waals surface area contributed by atoms with Crippen LogP contribution in [-0.4, -0.2) is 26.4 Å². The highest BCUT2D eigenvalue weighted by Crippen LogP contribution is 2.22. The highest BCUT2D eigenvalue weighted by molar-refractivity contribution is 7.92. The van der Waals surface area contributed by atoms with Gasteiger partial charge in [-0.15, -0.1) is 0 Å². The third-order valence-electron chi connectivity index (χ3n) is 3.81. The number of carbonyl (C=O) groups excluding carboxylic acids is 1. The first-order valence-electron chi connectivity index (χ1n) is 7.84. The van der Waals surface area contributed by atoms with Gasteiger partial charge in [-0.3, -0.25) is 14.1 Å². The molecule has 0 unspecified atom stereocenters. The Balaban J connectivity index is 1.88. The Morgan fingerprint density at radius 2 is 1.65 bits per heavy atom. The number of aromatic nitrogens is 1. The minimum atomic E-state index is -3.78. The maximum Gasteiger partial charge on any atom is 0.264 e. The van der Waals surface area contributed by atoms with Crippen molar-refractivity contribution >= 4 is 27.3 Å². The highest BCUT2D eigenvalue weighted by atomic mass is 32.2. The summed E-state index contributed by atoms with van der Waals surface area (Å²) in [6, 6.07) is 18.0. The predicted molar refractivity (Wildman–Crippen MR) is 101 cm³/mol. The monoisotopic (exact) mass is 367 g/mol. The molecule has 1 aromatic heterocycles. The molecule has 26 heavy (non-hydrogen) atoms. The Kier molecular flexibility index (Phi) is 4.99. The molecule has 3 rings (SSSR count). The van der Waals surface area contributed by atoms with Gasteiger partial charge in [-0.1, -0.05) is 24.3 Å². The molecule has 1 heterocycles. The number of nitrogens with one attached hydrogen (secondary N) is 1. The van der Waals surface area contributed by atoms with E-state index in [9.17, 15) is 13.2 Å². The molecule has 0 aliphatic rings. The van der Waals surface area contributed by atoms with Crippen LogP contribution in [0.15, 0.2) is 84.0 Å². The summed E-state index contributed by atoms with van der Waals surface area (Å²) in [6.07, 6.45) is 3.12. The Morgan fingerprint density at radius 1 is 0.962 bits per heavy atom. The van der Waals surface area contributed by atoms with Gasteiger partial charge in [0.2, 0.25) is 0 Å². The van der Waals surface area contributed by atoms with E-state index in [-0.39, 0.29) is 10.5 Å². The van der Waals surface area contributed by atoms with Crippen LogP contribution in [0.2, 0.25) is 0 Å². The maximum absolute atomic E-state index is 12.9. The number of anilines is 2. The number of nitrogens with zero attached hydrogens (tertiary/aromatic N) is 2. The molecule has 132 valence electrons. The second-order valence-electron chi connectivity index (χ2n) is 5.53. The van der Waals surface area contributed by atoms with Crippen LogP contribution in [0.5, 0.6) is 0 Å². The van der Waals surface area contributed by atoms with Crippen molar-refractivity contribution in [1.29, 1.82) is 0 Å². The zero-order valence-corrected chi connectivity index (χ0v) is 14.8. The SMILES string of the molecule is CN(c1ccccc1)S(=O)(=O)c1cccc(C(=O)Nc2ccncc2)c1. The van der Waals surface area contributed by atoms with E-state index in [1.165, 1.54) is 23.5 Å². The topological polar surface area (TPSA) is 79.4 Å². The van der Waals surface area contributed by atoms with Gasteiger partial charge in [0.1, 0.15) is 0 Å². The minimum absolute atomic E-state index is 0.0474. The average molecular weight is 367 g/mol. The first-order valence-corrected chi connectivity index (χ1v) is 9.28. The molecule has 0 saturated carbocycles. The van der Waals surface area contributed by atoms with Crippen molar-refractivity contribution in [3.63, 3.8) is 0 Å². The molecule has 0 aliphatic heterocycles. The summed E-state index contributed by atoms with van der Waals surface area (Å²) in [5.41, 5.74) is 1.38. The molecule has 0 aliphatic carbocycles. The largest absolute Gasteiger partial charge is 0.322 e. The second kappa shape index (κ2) is 7.37. The molecule has 0 fully saturated rings. The fourth-order valence-electron chi connectivity index (χ4n) is 2.37. The molecule has 0 saturated heterocycles. The lowest BCUT2D eigenvalue weighted by Gasteiger charge is -2.19. The summed E-state index contributed by atoms with van der Waals surface area (Å²) in [6.45, 7) is 0. The summed E-state index contributed by atoms with van der Waals surface area (Å²) in [5.74, 6) is -0.393. The van der Waals surface area contributed by atoms with Gasteiger partial charge in [-0.2, -0.15) is 0 Å². The molecule has 3 aromatic rings. The fourth-order valence-corrected chi connectivity index (χ4v) is 3.61. The smallest absolute Gasteiger partial charge is 0.264 e. The fraction of sp³-hybridized carbons (Fsp3) is 0.0526. The van der Waals surface area contributed by atoms with Gasteiger partial charge >= 0.3 is 0 Å². The predicted octanol–water partition coefficient (Wildman–Crippen LogP) is 3.16. The van der Waals surface area contributed by atoms with E-state index in [2.05, 4.69) is 10.3 Å². The Morgan fingerprint density at radius 3 is 2.35 bits per heavy atom. The van der Waals surface area contributed by atoms with Gasteiger partial charge in [0.15, 0.2) is 0 Å². The van der Waals surface area contributed by atoms with Crippen LogP contribution in [0.25, 0.3) is 0 Å². The van der Waals surface area contributed by atoms with Crippen LogP contribution in [0.3, 0.4) is 0 Å². The van der Waals surface area contributed by atoms with Crippen molar-refractivity contribution < 1.29 is 13.2 Å². The highest BCUT2D eigenvalue weighted by Gasteiger charge is 2.22. The summed E-state index contributed by atoms with van der Waals surface area (Å²) in [4.78, 5) is 16.3. The number of benzene rings is 2. The molecule has 0 bridgehead atoms. The minimum Gasteiger partial charge on any atom is -0.322 e. The van der Waals surface area contributed by atoms with Crippen LogP contribution in [0.1, 0.15) is 10.4 Å². The normalized spacial score (nSPS) is 11.0. The lowest BCUT2D eigenvalue weighted by Crippen LogP contribution is -2.26. The number of sulfonamides is 1. The molecule has 0 radical (unpaired) electrons. The van der Waals surface area contributed by atoms with Crippen molar-refractivity contribution in [3.05, 3.63) is 84.7 Å². The van der Waals surface area contributed by atoms with E-state index < -0.39 is 15.9 Å². The number of pyridine rings is 1. The molecule has 1 N–H and O–H groups in total. The van der Waals surface area contributed by atoms with Gasteiger partial charge < -0.3 is 5.32 Å². The van der Waals surface area contributed by atoms with Crippen LogP contribution in [0.4, 0.5) is 11.4 Å². The zero-order chi connectivity index (χ0) is 18.6. The average Bonchev–Trinajstić information content (AvgIpc) is 2.69. The summed E-state index contributed by atoms with van der Waals surface area (Å²) in [5, 5.41) is 2.71. The lowest BCUT2D eigenvalue weighted by molar-refractivity contribution is 0.102. The third kappa shape index (κ3) is 3.73. The van der Waals surface area contributed by atoms with E-state index in [1.807, 2.05) is 6.07 Å². The molecule has 2 aromatic carbocycles. The van der Waals surface area contributed by atoms with Crippen LogP contribution >= 0.6 is 0 Å². The van der Waals surface area contributed by atoms with Gasteiger partial charge in [-0.25, -0.2) is 8.42 Å². The number of carbonyl (C=O) groups is 1. The quantitative estimate of drug-likeness (QED) is 0.751. The molecule has 0 spiro atoms. The number of hydrogen-bond acceptors (Lipinski definition) is 4. The van der Waals surface area contributed by atoms with Crippen LogP contribution in [0, 0.1) is 0 Å². The molecule has 1 amide bonds. The Hall–Kier alpha value is -3.19. The summed E-state index contributed by atoms with van der Waals surface area (Å²) in [7, 11) is -2.30. The van der Waals surface area contributed by atoms with Gasteiger partial charge in [-0.05, 0) is 42.5 Å². The third-order valence-corrected chi connectivity index (χ3v) is 5.59. The van der Waals surface area contributed by atoms with Gasteiger partial charge in [0.05, 0.1) is 10.6 Å². The van der Waals surface area contributed by atoms with E-state index >= 15 is 0 Å². The standard InChI is InChI=1S/C19H17N3O3S/c1-22(17-7-3-2-4-8-17)26(24,25)18-9-5-6-15(14-18)19(23)21-16-10-12-20-13-11-16/h2-14H,1H3,(H,20,21,23). The maximum atomic E-state index is 12.9. The molecule has 7 heteroatoms. The van der Waals surface area contributed by atoms with Crippen molar-refractivity contribution in [3.8, 4) is 0 Å². The van der Waals surface area contributed by atoms with E-state index in [1.54, 1.807) is 60.9 Å². The van der Waals surface area contributed by atoms with E-state index in [4.69, 9.17) is 0 Å². The number of amides is 1. The molecule has 0 atom stereocenters. The molecular weight excluding hydrogens is 350 g/mol. The van der Waals surface area contributed by atoms with Crippen molar-refractivity contribution in [2.45, 2.75) is 4.90 Å². The van der Waals surface area contributed by atoms with Crippen LogP contribution < -0.4 is 9.62 Å². The first-order chi connectivity index (χ1) is 12.5. The lowest BCUT2D eigenvalue weighted by atomic mass is 10.2. The van der Waals surface area contributed by atoms with E-state index in [0.29, 0.717) is 11.4 Å². The number of para-hydroxylation sites is 1. The Labute approximate surface area is 152 Å². The Bertz CT molecular complexity index is 1010. The van der Waals surface area contributed by atoms with E-state index in [0.717, 1.165) is 0 Å². The summed E-state index contributed by atoms with van der Waals surface area (Å²) >= 11 is 0. The van der Waals surface area contributed by atoms with Gasteiger partial charge in [0.25, 0.3) is 15.9 Å². The van der Waals surface area contributed by atoms with Crippen molar-refractivity contribution in [1.82, 2.24) is 4.98 Å². The molecular formula is C19H17N3O3S. The number of rotatable bonds is 5. The van der Waals surface area contributed by atoms with Crippen LogP contribution in [-0.2, 0) is 10.0 Å². The second-order valence-corrected chi connectivity index (χ2v) is 7.50. The number of hydrogen-bond donors (Lipinski definition) is 1. The first kappa shape index (κ1) is 17.6. The van der Waals surface area contributed by atoms with Crippen molar-refractivity contribution in [2.24, 2.45) is 0 Å².